The summed E-state index contributed by atoms with van der Waals surface area (Å²) in [5.74, 6) is 0.842. The molecular formula is C15H21NO2. The van der Waals surface area contributed by atoms with E-state index in [1.165, 1.54) is 0 Å². The molecule has 0 aromatic heterocycles. The van der Waals surface area contributed by atoms with Crippen LogP contribution in [0.4, 0.5) is 5.69 Å². The number of methoxy groups -OCH3 is 1. The van der Waals surface area contributed by atoms with E-state index in [1.807, 2.05) is 24.3 Å². The van der Waals surface area contributed by atoms with Crippen molar-refractivity contribution in [1.29, 1.82) is 0 Å². The Morgan fingerprint density at radius 2 is 2.06 bits per heavy atom. The molecule has 1 aromatic rings. The molecule has 3 heteroatoms. The molecule has 1 atom stereocenters. The normalized spacial score (nSPS) is 25.3. The molecule has 3 nitrogen and oxygen atoms in total. The number of ether oxygens (including phenoxy) is 2. The number of nitrogens with one attached hydrogen (secondary N) is 1. The van der Waals surface area contributed by atoms with Crippen LogP contribution in [0.3, 0.4) is 0 Å². The van der Waals surface area contributed by atoms with Crippen molar-refractivity contribution in [2.75, 3.05) is 12.4 Å². The molecule has 1 aromatic carbocycles. The molecule has 98 valence electrons. The molecule has 0 fully saturated rings. The van der Waals surface area contributed by atoms with Gasteiger partial charge in [0.15, 0.2) is 5.72 Å². The zero-order valence-electron chi connectivity index (χ0n) is 11.5. The van der Waals surface area contributed by atoms with Gasteiger partial charge in [-0.1, -0.05) is 19.9 Å². The Kier molecular flexibility index (Phi) is 3.24. The number of hydrogen-bond donors (Lipinski definition) is 1. The minimum Gasteiger partial charge on any atom is -0.497 e. The lowest BCUT2D eigenvalue weighted by Gasteiger charge is -2.40. The average Bonchev–Trinajstić information content (AvgIpc) is 2.26. The largest absolute Gasteiger partial charge is 0.497 e. The standard InChI is InChI=1S/C15H21NO2/c1-14(2)8-9-18-15(3,11-14)16-12-6-5-7-13(10-12)17-4/h5-10,16H,11H2,1-4H3. The van der Waals surface area contributed by atoms with Gasteiger partial charge >= 0.3 is 0 Å². The summed E-state index contributed by atoms with van der Waals surface area (Å²) in [5.41, 5.74) is 0.756. The van der Waals surface area contributed by atoms with Crippen molar-refractivity contribution in [3.8, 4) is 5.75 Å². The second-order valence-electron chi connectivity index (χ2n) is 5.67. The number of allylic oxidation sites excluding steroid dienone is 1. The topological polar surface area (TPSA) is 30.5 Å². The van der Waals surface area contributed by atoms with Gasteiger partial charge < -0.3 is 14.8 Å². The van der Waals surface area contributed by atoms with Gasteiger partial charge in [0, 0.05) is 18.2 Å². The predicted octanol–water partition coefficient (Wildman–Crippen LogP) is 3.78. The van der Waals surface area contributed by atoms with Crippen molar-refractivity contribution in [2.45, 2.75) is 32.9 Å². The summed E-state index contributed by atoms with van der Waals surface area (Å²) in [4.78, 5) is 0. The van der Waals surface area contributed by atoms with Gasteiger partial charge in [-0.05, 0) is 30.5 Å². The van der Waals surface area contributed by atoms with Crippen LogP contribution >= 0.6 is 0 Å². The third-order valence-electron chi connectivity index (χ3n) is 3.12. The van der Waals surface area contributed by atoms with E-state index in [4.69, 9.17) is 9.47 Å². The fourth-order valence-corrected chi connectivity index (χ4v) is 2.42. The second kappa shape index (κ2) is 4.56. The van der Waals surface area contributed by atoms with Gasteiger partial charge in [-0.25, -0.2) is 0 Å². The van der Waals surface area contributed by atoms with Crippen LogP contribution in [0.2, 0.25) is 0 Å². The van der Waals surface area contributed by atoms with E-state index in [0.29, 0.717) is 0 Å². The summed E-state index contributed by atoms with van der Waals surface area (Å²) in [7, 11) is 1.67. The highest BCUT2D eigenvalue weighted by molar-refractivity contribution is 5.49. The van der Waals surface area contributed by atoms with Crippen molar-refractivity contribution in [1.82, 2.24) is 0 Å². The molecule has 0 saturated carbocycles. The van der Waals surface area contributed by atoms with Crippen molar-refractivity contribution in [2.24, 2.45) is 5.41 Å². The third-order valence-corrected chi connectivity index (χ3v) is 3.12. The summed E-state index contributed by atoms with van der Waals surface area (Å²) >= 11 is 0. The third kappa shape index (κ3) is 2.97. The molecule has 0 bridgehead atoms. The number of hydrogen-bond acceptors (Lipinski definition) is 3. The summed E-state index contributed by atoms with van der Waals surface area (Å²) in [6.45, 7) is 6.48. The van der Waals surface area contributed by atoms with E-state index in [2.05, 4.69) is 32.2 Å². The molecule has 18 heavy (non-hydrogen) atoms. The zero-order valence-corrected chi connectivity index (χ0v) is 11.5. The second-order valence-corrected chi connectivity index (χ2v) is 5.67. The van der Waals surface area contributed by atoms with E-state index < -0.39 is 0 Å². The SMILES string of the molecule is COc1cccc(NC2(C)CC(C)(C)C=CO2)c1. The molecular weight excluding hydrogens is 226 g/mol. The zero-order chi connectivity index (χ0) is 13.2. The van der Waals surface area contributed by atoms with E-state index in [1.54, 1.807) is 13.4 Å². The van der Waals surface area contributed by atoms with Crippen LogP contribution in [0, 0.1) is 5.41 Å². The van der Waals surface area contributed by atoms with Gasteiger partial charge in [-0.3, -0.25) is 0 Å². The van der Waals surface area contributed by atoms with Crippen molar-refractivity contribution in [3.63, 3.8) is 0 Å². The predicted molar refractivity (Wildman–Crippen MR) is 73.6 cm³/mol. The first-order chi connectivity index (χ1) is 8.42. The highest BCUT2D eigenvalue weighted by atomic mass is 16.5. The van der Waals surface area contributed by atoms with Crippen LogP contribution in [0.15, 0.2) is 36.6 Å². The number of benzene rings is 1. The average molecular weight is 247 g/mol. The molecule has 1 N–H and O–H groups in total. The highest BCUT2D eigenvalue weighted by Gasteiger charge is 2.35. The van der Waals surface area contributed by atoms with Crippen molar-refractivity contribution >= 4 is 5.69 Å². The van der Waals surface area contributed by atoms with Gasteiger partial charge in [0.1, 0.15) is 5.75 Å². The first kappa shape index (κ1) is 12.8. The minimum atomic E-state index is -0.384. The minimum absolute atomic E-state index is 0.138. The Morgan fingerprint density at radius 3 is 2.72 bits per heavy atom. The summed E-state index contributed by atoms with van der Waals surface area (Å²) in [5, 5.41) is 3.43. The maximum Gasteiger partial charge on any atom is 0.177 e. The van der Waals surface area contributed by atoms with Crippen LogP contribution in [0.25, 0.3) is 0 Å². The quantitative estimate of drug-likeness (QED) is 0.881. The first-order valence-electron chi connectivity index (χ1n) is 6.20. The smallest absolute Gasteiger partial charge is 0.177 e. The summed E-state index contributed by atoms with van der Waals surface area (Å²) in [6.07, 6.45) is 4.80. The van der Waals surface area contributed by atoms with Crippen LogP contribution in [-0.2, 0) is 4.74 Å². The highest BCUT2D eigenvalue weighted by Crippen LogP contribution is 2.36. The molecule has 0 aliphatic carbocycles. The van der Waals surface area contributed by atoms with Crippen LogP contribution in [0.1, 0.15) is 27.2 Å². The molecule has 1 aliphatic rings. The molecule has 1 heterocycles. The van der Waals surface area contributed by atoms with Gasteiger partial charge in [0.2, 0.25) is 0 Å². The fraction of sp³-hybridized carbons (Fsp3) is 0.467. The van der Waals surface area contributed by atoms with Crippen LogP contribution in [-0.4, -0.2) is 12.8 Å². The Balaban J connectivity index is 2.15. The Morgan fingerprint density at radius 1 is 1.28 bits per heavy atom. The lowest BCUT2D eigenvalue weighted by molar-refractivity contribution is 0.0151. The lowest BCUT2D eigenvalue weighted by atomic mass is 9.83. The molecule has 0 radical (unpaired) electrons. The van der Waals surface area contributed by atoms with Crippen LogP contribution < -0.4 is 10.1 Å². The summed E-state index contributed by atoms with van der Waals surface area (Å²) in [6, 6.07) is 7.88. The Bertz CT molecular complexity index is 454. The van der Waals surface area contributed by atoms with E-state index in [0.717, 1.165) is 17.9 Å². The first-order valence-corrected chi connectivity index (χ1v) is 6.20. The molecule has 1 aliphatic heterocycles. The monoisotopic (exact) mass is 247 g/mol. The molecule has 0 spiro atoms. The molecule has 1 unspecified atom stereocenters. The van der Waals surface area contributed by atoms with E-state index in [-0.39, 0.29) is 11.1 Å². The van der Waals surface area contributed by atoms with Gasteiger partial charge in [-0.2, -0.15) is 0 Å². The Hall–Kier alpha value is -1.64. The van der Waals surface area contributed by atoms with Crippen LogP contribution in [0.5, 0.6) is 5.75 Å². The van der Waals surface area contributed by atoms with Gasteiger partial charge in [-0.15, -0.1) is 0 Å². The van der Waals surface area contributed by atoms with E-state index in [9.17, 15) is 0 Å². The van der Waals surface area contributed by atoms with Crippen molar-refractivity contribution < 1.29 is 9.47 Å². The van der Waals surface area contributed by atoms with Gasteiger partial charge in [0.05, 0.1) is 13.4 Å². The van der Waals surface area contributed by atoms with Gasteiger partial charge in [0.25, 0.3) is 0 Å². The maximum absolute atomic E-state index is 5.75. The summed E-state index contributed by atoms with van der Waals surface area (Å²) < 4.78 is 11.0. The fourth-order valence-electron chi connectivity index (χ4n) is 2.42. The number of rotatable bonds is 3. The molecule has 2 rings (SSSR count). The molecule has 0 saturated heterocycles. The molecule has 0 amide bonds. The van der Waals surface area contributed by atoms with Crippen molar-refractivity contribution in [3.05, 3.63) is 36.6 Å². The number of anilines is 1. The van der Waals surface area contributed by atoms with E-state index >= 15 is 0 Å². The lowest BCUT2D eigenvalue weighted by Crippen LogP contribution is -2.42. The Labute approximate surface area is 109 Å². The maximum atomic E-state index is 5.75.